The van der Waals surface area contributed by atoms with Gasteiger partial charge >= 0.3 is 0 Å². The van der Waals surface area contributed by atoms with Crippen molar-refractivity contribution in [1.29, 1.82) is 0 Å². The fourth-order valence-electron chi connectivity index (χ4n) is 2.63. The van der Waals surface area contributed by atoms with Crippen molar-refractivity contribution >= 4 is 23.5 Å². The van der Waals surface area contributed by atoms with Crippen LogP contribution in [0.25, 0.3) is 0 Å². The number of carbonyl (C=O) groups excluding carboxylic acids is 1. The second-order valence-corrected chi connectivity index (χ2v) is 6.48. The molecule has 7 nitrogen and oxygen atoms in total. The minimum absolute atomic E-state index is 0.0692. The maximum Gasteiger partial charge on any atom is 0.266 e. The highest BCUT2D eigenvalue weighted by molar-refractivity contribution is 6.33. The zero-order valence-electron chi connectivity index (χ0n) is 13.8. The highest BCUT2D eigenvalue weighted by Gasteiger charge is 2.24. The van der Waals surface area contributed by atoms with Gasteiger partial charge in [-0.15, -0.1) is 0 Å². The van der Waals surface area contributed by atoms with Gasteiger partial charge in [-0.1, -0.05) is 25.4 Å². The van der Waals surface area contributed by atoms with Gasteiger partial charge in [0.2, 0.25) is 5.89 Å². The number of pyridine rings is 1. The van der Waals surface area contributed by atoms with Crippen LogP contribution in [-0.2, 0) is 0 Å². The Morgan fingerprint density at radius 3 is 2.83 bits per heavy atom. The highest BCUT2D eigenvalue weighted by atomic mass is 35.5. The lowest BCUT2D eigenvalue weighted by Gasteiger charge is -2.21. The zero-order chi connectivity index (χ0) is 17.1. The monoisotopic (exact) mass is 349 g/mol. The summed E-state index contributed by atoms with van der Waals surface area (Å²) in [4.78, 5) is 24.9. The first-order valence-corrected chi connectivity index (χ1v) is 8.41. The Hall–Kier alpha value is -2.15. The summed E-state index contributed by atoms with van der Waals surface area (Å²) in [6, 6.07) is 1.65. The van der Waals surface area contributed by atoms with Gasteiger partial charge in [0.15, 0.2) is 0 Å². The van der Waals surface area contributed by atoms with Crippen LogP contribution in [0.4, 0.5) is 5.95 Å². The molecule has 0 saturated carbocycles. The Bertz CT molecular complexity index is 718. The molecule has 0 radical (unpaired) electrons. The van der Waals surface area contributed by atoms with Crippen LogP contribution in [0.5, 0.6) is 0 Å². The van der Waals surface area contributed by atoms with E-state index in [1.165, 1.54) is 6.20 Å². The first kappa shape index (κ1) is 16.7. The molecule has 1 saturated heterocycles. The van der Waals surface area contributed by atoms with Gasteiger partial charge < -0.3 is 14.3 Å². The predicted octanol–water partition coefficient (Wildman–Crippen LogP) is 2.59. The molecular weight excluding hydrogens is 330 g/mol. The first-order chi connectivity index (χ1) is 11.6. The van der Waals surface area contributed by atoms with Crippen molar-refractivity contribution in [1.82, 2.24) is 20.0 Å². The normalized spacial score (nSPS) is 15.7. The Labute approximate surface area is 145 Å². The van der Waals surface area contributed by atoms with Crippen LogP contribution in [-0.4, -0.2) is 52.1 Å². The molecule has 3 heterocycles. The Balaban J connectivity index is 1.68. The van der Waals surface area contributed by atoms with Crippen molar-refractivity contribution in [3.05, 3.63) is 34.9 Å². The van der Waals surface area contributed by atoms with E-state index in [1.807, 2.05) is 18.7 Å². The van der Waals surface area contributed by atoms with Crippen molar-refractivity contribution in [2.24, 2.45) is 0 Å². The molecule has 1 aliphatic heterocycles. The van der Waals surface area contributed by atoms with E-state index in [1.54, 1.807) is 12.3 Å². The van der Waals surface area contributed by atoms with Crippen molar-refractivity contribution in [3.8, 4) is 0 Å². The van der Waals surface area contributed by atoms with Gasteiger partial charge in [-0.3, -0.25) is 9.78 Å². The number of hydrogen-bond donors (Lipinski definition) is 0. The summed E-state index contributed by atoms with van der Waals surface area (Å²) in [5, 5.41) is 4.43. The molecule has 1 aliphatic rings. The molecule has 0 aromatic carbocycles. The molecule has 128 valence electrons. The van der Waals surface area contributed by atoms with Crippen LogP contribution < -0.4 is 4.90 Å². The number of nitrogens with zero attached hydrogens (tertiary/aromatic N) is 5. The summed E-state index contributed by atoms with van der Waals surface area (Å²) >= 11 is 6.08. The van der Waals surface area contributed by atoms with E-state index < -0.39 is 0 Å². The maximum absolute atomic E-state index is 12.7. The smallest absolute Gasteiger partial charge is 0.266 e. The summed E-state index contributed by atoms with van der Waals surface area (Å²) < 4.78 is 5.27. The van der Waals surface area contributed by atoms with E-state index >= 15 is 0 Å². The van der Waals surface area contributed by atoms with E-state index in [4.69, 9.17) is 16.1 Å². The summed E-state index contributed by atoms with van der Waals surface area (Å²) in [7, 11) is 0. The Morgan fingerprint density at radius 1 is 1.29 bits per heavy atom. The SMILES string of the molecule is CC(C)c1nc(N2CCCN(C(=O)c3ccncc3Cl)CC2)no1. The molecule has 0 spiro atoms. The minimum Gasteiger partial charge on any atom is -0.337 e. The van der Waals surface area contributed by atoms with Crippen LogP contribution in [0, 0.1) is 0 Å². The molecule has 2 aromatic heterocycles. The fraction of sp³-hybridized carbons (Fsp3) is 0.500. The van der Waals surface area contributed by atoms with Crippen molar-refractivity contribution in [2.45, 2.75) is 26.2 Å². The number of rotatable bonds is 3. The van der Waals surface area contributed by atoms with Crippen LogP contribution in [0.2, 0.25) is 5.02 Å². The minimum atomic E-state index is -0.0692. The third-order valence-electron chi connectivity index (χ3n) is 3.99. The topological polar surface area (TPSA) is 75.4 Å². The second kappa shape index (κ2) is 7.17. The van der Waals surface area contributed by atoms with E-state index in [0.29, 0.717) is 42.1 Å². The average molecular weight is 350 g/mol. The Morgan fingerprint density at radius 2 is 2.12 bits per heavy atom. The predicted molar refractivity (Wildman–Crippen MR) is 90.4 cm³/mol. The van der Waals surface area contributed by atoms with Gasteiger partial charge in [0, 0.05) is 44.5 Å². The van der Waals surface area contributed by atoms with Gasteiger partial charge in [0.05, 0.1) is 10.6 Å². The fourth-order valence-corrected chi connectivity index (χ4v) is 2.83. The first-order valence-electron chi connectivity index (χ1n) is 8.03. The molecule has 0 atom stereocenters. The lowest BCUT2D eigenvalue weighted by Crippen LogP contribution is -2.35. The molecule has 3 rings (SSSR count). The standard InChI is InChI=1S/C16H20ClN5O2/c1-11(2)14-19-16(20-24-14)22-7-3-6-21(8-9-22)15(23)12-4-5-18-10-13(12)17/h4-5,10-11H,3,6-9H2,1-2H3. The highest BCUT2D eigenvalue weighted by Crippen LogP contribution is 2.20. The molecule has 2 aromatic rings. The molecule has 1 fully saturated rings. The van der Waals surface area contributed by atoms with Crippen molar-refractivity contribution < 1.29 is 9.32 Å². The molecule has 1 amide bonds. The van der Waals surface area contributed by atoms with E-state index in [9.17, 15) is 4.79 Å². The van der Waals surface area contributed by atoms with E-state index in [0.717, 1.165) is 13.0 Å². The van der Waals surface area contributed by atoms with Gasteiger partial charge in [0.25, 0.3) is 11.9 Å². The number of amides is 1. The van der Waals surface area contributed by atoms with Gasteiger partial charge in [0.1, 0.15) is 0 Å². The number of hydrogen-bond acceptors (Lipinski definition) is 6. The van der Waals surface area contributed by atoms with Crippen LogP contribution >= 0.6 is 11.6 Å². The summed E-state index contributed by atoms with van der Waals surface area (Å²) in [6.07, 6.45) is 3.90. The second-order valence-electron chi connectivity index (χ2n) is 6.08. The number of halogens is 1. The molecule has 24 heavy (non-hydrogen) atoms. The summed E-state index contributed by atoms with van der Waals surface area (Å²) in [5.41, 5.74) is 0.488. The molecule has 8 heteroatoms. The number of anilines is 1. The van der Waals surface area contributed by atoms with Gasteiger partial charge in [-0.05, 0) is 17.6 Å². The van der Waals surface area contributed by atoms with Crippen LogP contribution in [0.3, 0.4) is 0 Å². The lowest BCUT2D eigenvalue weighted by atomic mass is 10.2. The Kier molecular flexibility index (Phi) is 4.99. The van der Waals surface area contributed by atoms with E-state index in [2.05, 4.69) is 20.0 Å². The van der Waals surface area contributed by atoms with Crippen LogP contribution in [0.1, 0.15) is 42.4 Å². The maximum atomic E-state index is 12.7. The lowest BCUT2D eigenvalue weighted by molar-refractivity contribution is 0.0767. The molecule has 0 bridgehead atoms. The molecule has 0 unspecified atom stereocenters. The largest absolute Gasteiger partial charge is 0.337 e. The number of aromatic nitrogens is 3. The van der Waals surface area contributed by atoms with Crippen molar-refractivity contribution in [3.63, 3.8) is 0 Å². The van der Waals surface area contributed by atoms with Gasteiger partial charge in [-0.2, -0.15) is 4.98 Å². The third-order valence-corrected chi connectivity index (χ3v) is 4.29. The number of carbonyl (C=O) groups is 1. The van der Waals surface area contributed by atoms with Gasteiger partial charge in [-0.25, -0.2) is 0 Å². The quantitative estimate of drug-likeness (QED) is 0.847. The summed E-state index contributed by atoms with van der Waals surface area (Å²) in [6.45, 7) is 6.72. The third kappa shape index (κ3) is 3.51. The average Bonchev–Trinajstić information content (AvgIpc) is 2.94. The molecular formula is C16H20ClN5O2. The van der Waals surface area contributed by atoms with E-state index in [-0.39, 0.29) is 11.8 Å². The molecule has 0 aliphatic carbocycles. The van der Waals surface area contributed by atoms with Crippen molar-refractivity contribution in [2.75, 3.05) is 31.1 Å². The summed E-state index contributed by atoms with van der Waals surface area (Å²) in [5.74, 6) is 1.35. The van der Waals surface area contributed by atoms with Crippen LogP contribution in [0.15, 0.2) is 23.0 Å². The molecule has 0 N–H and O–H groups in total. The zero-order valence-corrected chi connectivity index (χ0v) is 14.5.